The molecular weight excluding hydrogens is 287 g/mol. The number of anilines is 1. The third kappa shape index (κ3) is 3.44. The molecule has 1 atom stereocenters. The van der Waals surface area contributed by atoms with Gasteiger partial charge in [-0.15, -0.1) is 0 Å². The Labute approximate surface area is 119 Å². The number of non-ortho nitro benzene ring substituents is 1. The molecule has 0 radical (unpaired) electrons. The third-order valence-corrected chi connectivity index (χ3v) is 3.67. The number of nitrogens with zero attached hydrogens (tertiary/aromatic N) is 2. The van der Waals surface area contributed by atoms with Crippen molar-refractivity contribution < 1.29 is 18.1 Å². The van der Waals surface area contributed by atoms with Crippen LogP contribution >= 0.6 is 0 Å². The molecule has 1 aromatic carbocycles. The van der Waals surface area contributed by atoms with Crippen LogP contribution in [0.3, 0.4) is 0 Å². The van der Waals surface area contributed by atoms with Crippen LogP contribution in [-0.4, -0.2) is 31.1 Å². The minimum absolute atomic E-state index is 0.00745. The summed E-state index contributed by atoms with van der Waals surface area (Å²) in [4.78, 5) is 11.5. The molecule has 1 heterocycles. The molecule has 1 saturated heterocycles. The number of halogens is 3. The monoisotopic (exact) mass is 303 g/mol. The summed E-state index contributed by atoms with van der Waals surface area (Å²) in [7, 11) is 1.77. The van der Waals surface area contributed by atoms with Crippen LogP contribution in [0.2, 0.25) is 0 Å². The van der Waals surface area contributed by atoms with Gasteiger partial charge in [0.05, 0.1) is 10.5 Å². The third-order valence-electron chi connectivity index (χ3n) is 3.67. The Morgan fingerprint density at radius 1 is 1.43 bits per heavy atom. The van der Waals surface area contributed by atoms with E-state index in [1.807, 2.05) is 0 Å². The lowest BCUT2D eigenvalue weighted by molar-refractivity contribution is -0.385. The second-order valence-electron chi connectivity index (χ2n) is 5.03. The van der Waals surface area contributed by atoms with E-state index in [2.05, 4.69) is 5.32 Å². The Kier molecular flexibility index (Phi) is 4.36. The van der Waals surface area contributed by atoms with Crippen molar-refractivity contribution in [2.75, 3.05) is 25.0 Å². The maximum absolute atomic E-state index is 13.2. The lowest BCUT2D eigenvalue weighted by atomic mass is 10.0. The molecule has 0 spiro atoms. The van der Waals surface area contributed by atoms with E-state index in [1.165, 1.54) is 6.07 Å². The van der Waals surface area contributed by atoms with Crippen LogP contribution in [-0.2, 0) is 6.18 Å². The van der Waals surface area contributed by atoms with Crippen molar-refractivity contribution in [1.29, 1.82) is 0 Å². The van der Waals surface area contributed by atoms with Crippen LogP contribution in [0.25, 0.3) is 0 Å². The Morgan fingerprint density at radius 3 is 2.71 bits per heavy atom. The highest BCUT2D eigenvalue weighted by Crippen LogP contribution is 2.39. The van der Waals surface area contributed by atoms with Gasteiger partial charge in [0, 0.05) is 37.0 Å². The quantitative estimate of drug-likeness (QED) is 0.689. The second kappa shape index (κ2) is 5.88. The van der Waals surface area contributed by atoms with Crippen LogP contribution < -0.4 is 10.2 Å². The number of benzene rings is 1. The van der Waals surface area contributed by atoms with E-state index in [0.29, 0.717) is 19.2 Å². The minimum atomic E-state index is -4.62. The molecule has 116 valence electrons. The van der Waals surface area contributed by atoms with Gasteiger partial charge in [0.25, 0.3) is 5.69 Å². The number of nitro groups is 1. The number of hydrogen-bond donors (Lipinski definition) is 1. The van der Waals surface area contributed by atoms with Gasteiger partial charge >= 0.3 is 6.18 Å². The fraction of sp³-hybridized carbons (Fsp3) is 0.538. The lowest BCUT2D eigenvalue weighted by Gasteiger charge is -2.35. The second-order valence-corrected chi connectivity index (χ2v) is 5.03. The zero-order chi connectivity index (χ0) is 15.6. The van der Waals surface area contributed by atoms with E-state index in [0.717, 1.165) is 18.9 Å². The standard InChI is InChI=1S/C13H16F3N3O2/c1-17-9-3-2-6-18(8-9)12-5-4-10(19(20)21)7-11(12)13(14,15)16/h4-5,7,9,17H,2-3,6,8H2,1H3. The highest BCUT2D eigenvalue weighted by molar-refractivity contribution is 5.59. The summed E-state index contributed by atoms with van der Waals surface area (Å²) in [6.45, 7) is 0.969. The average Bonchev–Trinajstić information content (AvgIpc) is 2.45. The van der Waals surface area contributed by atoms with E-state index in [9.17, 15) is 23.3 Å². The maximum Gasteiger partial charge on any atom is 0.418 e. The number of rotatable bonds is 3. The fourth-order valence-corrected chi connectivity index (χ4v) is 2.57. The van der Waals surface area contributed by atoms with Crippen molar-refractivity contribution in [3.05, 3.63) is 33.9 Å². The largest absolute Gasteiger partial charge is 0.418 e. The van der Waals surface area contributed by atoms with Crippen molar-refractivity contribution in [2.24, 2.45) is 0 Å². The van der Waals surface area contributed by atoms with Gasteiger partial charge in [0.15, 0.2) is 0 Å². The highest BCUT2D eigenvalue weighted by atomic mass is 19.4. The topological polar surface area (TPSA) is 58.4 Å². The molecule has 8 heteroatoms. The molecule has 1 N–H and O–H groups in total. The van der Waals surface area contributed by atoms with Crippen molar-refractivity contribution in [3.8, 4) is 0 Å². The first-order valence-corrected chi connectivity index (χ1v) is 6.60. The molecule has 0 bridgehead atoms. The van der Waals surface area contributed by atoms with Crippen molar-refractivity contribution in [1.82, 2.24) is 5.32 Å². The fourth-order valence-electron chi connectivity index (χ4n) is 2.57. The normalized spacial score (nSPS) is 19.6. The lowest BCUT2D eigenvalue weighted by Crippen LogP contribution is -2.45. The number of alkyl halides is 3. The summed E-state index contributed by atoms with van der Waals surface area (Å²) < 4.78 is 39.5. The van der Waals surface area contributed by atoms with Crippen molar-refractivity contribution in [2.45, 2.75) is 25.1 Å². The molecule has 1 fully saturated rings. The van der Waals surface area contributed by atoms with Gasteiger partial charge in [0.1, 0.15) is 0 Å². The predicted molar refractivity (Wildman–Crippen MR) is 72.4 cm³/mol. The van der Waals surface area contributed by atoms with E-state index in [1.54, 1.807) is 11.9 Å². The van der Waals surface area contributed by atoms with Crippen LogP contribution in [0.1, 0.15) is 18.4 Å². The van der Waals surface area contributed by atoms with Crippen molar-refractivity contribution >= 4 is 11.4 Å². The van der Waals surface area contributed by atoms with E-state index in [-0.39, 0.29) is 11.7 Å². The summed E-state index contributed by atoms with van der Waals surface area (Å²) in [5.41, 5.74) is -1.49. The summed E-state index contributed by atoms with van der Waals surface area (Å²) in [6.07, 6.45) is -2.94. The first-order chi connectivity index (χ1) is 9.82. The van der Waals surface area contributed by atoms with Gasteiger partial charge < -0.3 is 10.2 Å². The van der Waals surface area contributed by atoms with Crippen LogP contribution in [0, 0.1) is 10.1 Å². The first-order valence-electron chi connectivity index (χ1n) is 6.60. The summed E-state index contributed by atoms with van der Waals surface area (Å²) in [6, 6.07) is 3.04. The molecule has 0 amide bonds. The van der Waals surface area contributed by atoms with Crippen LogP contribution in [0.5, 0.6) is 0 Å². The zero-order valence-electron chi connectivity index (χ0n) is 11.5. The Balaban J connectivity index is 2.40. The summed E-state index contributed by atoms with van der Waals surface area (Å²) in [5.74, 6) is 0. The van der Waals surface area contributed by atoms with Gasteiger partial charge in [-0.25, -0.2) is 0 Å². The van der Waals surface area contributed by atoms with Gasteiger partial charge in [-0.05, 0) is 26.0 Å². The number of piperidine rings is 1. The summed E-state index contributed by atoms with van der Waals surface area (Å²) in [5, 5.41) is 13.7. The van der Waals surface area contributed by atoms with Gasteiger partial charge in [-0.2, -0.15) is 13.2 Å². The Morgan fingerprint density at radius 2 is 2.14 bits per heavy atom. The van der Waals surface area contributed by atoms with Crippen LogP contribution in [0.15, 0.2) is 18.2 Å². The number of nitro benzene ring substituents is 1. The molecule has 2 rings (SSSR count). The molecular formula is C13H16F3N3O2. The molecule has 1 aromatic rings. The number of likely N-dealkylation sites (N-methyl/N-ethyl adjacent to an activating group) is 1. The molecule has 5 nitrogen and oxygen atoms in total. The molecule has 0 aliphatic carbocycles. The van der Waals surface area contributed by atoms with Crippen LogP contribution in [0.4, 0.5) is 24.5 Å². The maximum atomic E-state index is 13.2. The zero-order valence-corrected chi connectivity index (χ0v) is 11.5. The molecule has 0 aromatic heterocycles. The molecule has 21 heavy (non-hydrogen) atoms. The van der Waals surface area contributed by atoms with Gasteiger partial charge in [-0.1, -0.05) is 0 Å². The summed E-state index contributed by atoms with van der Waals surface area (Å²) >= 11 is 0. The highest BCUT2D eigenvalue weighted by Gasteiger charge is 2.37. The molecule has 1 unspecified atom stereocenters. The number of hydrogen-bond acceptors (Lipinski definition) is 4. The first kappa shape index (κ1) is 15.6. The smallest absolute Gasteiger partial charge is 0.369 e. The predicted octanol–water partition coefficient (Wildman–Crippen LogP) is 2.80. The van der Waals surface area contributed by atoms with Crippen molar-refractivity contribution in [3.63, 3.8) is 0 Å². The molecule has 1 aliphatic heterocycles. The van der Waals surface area contributed by atoms with Gasteiger partial charge in [0.2, 0.25) is 0 Å². The minimum Gasteiger partial charge on any atom is -0.369 e. The van der Waals surface area contributed by atoms with E-state index >= 15 is 0 Å². The molecule has 1 aliphatic rings. The molecule has 0 saturated carbocycles. The van der Waals surface area contributed by atoms with E-state index < -0.39 is 22.4 Å². The SMILES string of the molecule is CNC1CCCN(c2ccc([N+](=O)[O-])cc2C(F)(F)F)C1. The average molecular weight is 303 g/mol. The van der Waals surface area contributed by atoms with E-state index in [4.69, 9.17) is 0 Å². The Hall–Kier alpha value is -1.83. The number of nitrogens with one attached hydrogen (secondary N) is 1. The Bertz CT molecular complexity index is 534. The van der Waals surface area contributed by atoms with Gasteiger partial charge in [-0.3, -0.25) is 10.1 Å².